The molecule has 1 aromatic heterocycles. The van der Waals surface area contributed by atoms with E-state index in [1.54, 1.807) is 19.9 Å². The Hall–Kier alpha value is -1.88. The van der Waals surface area contributed by atoms with Gasteiger partial charge >= 0.3 is 5.97 Å². The van der Waals surface area contributed by atoms with Crippen molar-refractivity contribution < 1.29 is 9.90 Å². The Balaban J connectivity index is 2.88. The van der Waals surface area contributed by atoms with Crippen molar-refractivity contribution in [3.8, 4) is 5.69 Å². The zero-order valence-electron chi connectivity index (χ0n) is 11.4. The predicted octanol–water partition coefficient (Wildman–Crippen LogP) is 3.22. The molecule has 0 aliphatic carbocycles. The highest BCUT2D eigenvalue weighted by molar-refractivity contribution is 9.10. The van der Waals surface area contributed by atoms with Crippen LogP contribution in [0.3, 0.4) is 0 Å². The van der Waals surface area contributed by atoms with Crippen LogP contribution in [0.4, 0.5) is 0 Å². The third-order valence-corrected chi connectivity index (χ3v) is 4.31. The van der Waals surface area contributed by atoms with Gasteiger partial charge in [0.05, 0.1) is 11.3 Å². The second-order valence-corrected chi connectivity index (χ2v) is 5.47. The summed E-state index contributed by atoms with van der Waals surface area (Å²) in [4.78, 5) is 23.6. The SMILES string of the molecule is Cc1cccc(-n2c(C)c(C(=O)O)c(C)cc2=O)c1Br. The number of carbonyl (C=O) groups is 1. The second kappa shape index (κ2) is 5.25. The van der Waals surface area contributed by atoms with Crippen molar-refractivity contribution in [1.29, 1.82) is 0 Å². The molecule has 0 saturated heterocycles. The fourth-order valence-electron chi connectivity index (χ4n) is 2.31. The fourth-order valence-corrected chi connectivity index (χ4v) is 2.75. The Bertz CT molecular complexity index is 762. The molecule has 0 bridgehead atoms. The second-order valence-electron chi connectivity index (χ2n) is 4.67. The lowest BCUT2D eigenvalue weighted by Gasteiger charge is -2.16. The molecule has 2 aromatic rings. The van der Waals surface area contributed by atoms with Gasteiger partial charge in [-0.05, 0) is 53.9 Å². The summed E-state index contributed by atoms with van der Waals surface area (Å²) in [5.74, 6) is -1.03. The first-order valence-electron chi connectivity index (χ1n) is 6.06. The summed E-state index contributed by atoms with van der Waals surface area (Å²) in [5.41, 5.74) is 2.45. The Kier molecular flexibility index (Phi) is 3.81. The third kappa shape index (κ3) is 2.29. The van der Waals surface area contributed by atoms with E-state index in [1.165, 1.54) is 10.6 Å². The molecule has 1 N–H and O–H groups in total. The van der Waals surface area contributed by atoms with Crippen LogP contribution in [0.2, 0.25) is 0 Å². The lowest BCUT2D eigenvalue weighted by atomic mass is 10.1. The number of aromatic nitrogens is 1. The quantitative estimate of drug-likeness (QED) is 0.916. The third-order valence-electron chi connectivity index (χ3n) is 3.28. The molecule has 20 heavy (non-hydrogen) atoms. The van der Waals surface area contributed by atoms with E-state index in [4.69, 9.17) is 0 Å². The maximum atomic E-state index is 12.2. The number of rotatable bonds is 2. The van der Waals surface area contributed by atoms with Gasteiger partial charge in [0.15, 0.2) is 0 Å². The molecule has 0 spiro atoms. The summed E-state index contributed by atoms with van der Waals surface area (Å²) in [6.45, 7) is 5.19. The van der Waals surface area contributed by atoms with Crippen LogP contribution in [0.15, 0.2) is 33.5 Å². The summed E-state index contributed by atoms with van der Waals surface area (Å²) in [6, 6.07) is 6.89. The van der Waals surface area contributed by atoms with Crippen molar-refractivity contribution in [3.63, 3.8) is 0 Å². The number of carboxylic acids is 1. The van der Waals surface area contributed by atoms with Gasteiger partial charge in [0.2, 0.25) is 0 Å². The van der Waals surface area contributed by atoms with Gasteiger partial charge in [-0.2, -0.15) is 0 Å². The van der Waals surface area contributed by atoms with E-state index in [1.807, 2.05) is 19.1 Å². The largest absolute Gasteiger partial charge is 0.478 e. The number of nitrogens with zero attached hydrogens (tertiary/aromatic N) is 1. The molecular weight excluding hydrogens is 322 g/mol. The minimum Gasteiger partial charge on any atom is -0.478 e. The number of aryl methyl sites for hydroxylation is 2. The Morgan fingerprint density at radius 2 is 1.85 bits per heavy atom. The van der Waals surface area contributed by atoms with Crippen molar-refractivity contribution >= 4 is 21.9 Å². The van der Waals surface area contributed by atoms with Crippen molar-refractivity contribution in [2.45, 2.75) is 20.8 Å². The van der Waals surface area contributed by atoms with Gasteiger partial charge in [0.25, 0.3) is 5.56 Å². The monoisotopic (exact) mass is 335 g/mol. The van der Waals surface area contributed by atoms with Crippen LogP contribution < -0.4 is 5.56 Å². The number of benzene rings is 1. The van der Waals surface area contributed by atoms with E-state index < -0.39 is 5.97 Å². The lowest BCUT2D eigenvalue weighted by molar-refractivity contribution is 0.0694. The molecule has 0 aliphatic rings. The molecule has 0 fully saturated rings. The lowest BCUT2D eigenvalue weighted by Crippen LogP contribution is -2.24. The van der Waals surface area contributed by atoms with E-state index in [9.17, 15) is 14.7 Å². The summed E-state index contributed by atoms with van der Waals surface area (Å²) >= 11 is 3.46. The maximum absolute atomic E-state index is 12.2. The fraction of sp³-hybridized carbons (Fsp3) is 0.200. The van der Waals surface area contributed by atoms with Gasteiger partial charge in [0.1, 0.15) is 0 Å². The van der Waals surface area contributed by atoms with Crippen molar-refractivity contribution in [3.05, 3.63) is 61.5 Å². The molecule has 2 rings (SSSR count). The first kappa shape index (κ1) is 14.5. The molecule has 0 radical (unpaired) electrons. The van der Waals surface area contributed by atoms with Crippen LogP contribution in [-0.2, 0) is 0 Å². The van der Waals surface area contributed by atoms with Gasteiger partial charge < -0.3 is 5.11 Å². The zero-order valence-corrected chi connectivity index (χ0v) is 13.0. The predicted molar refractivity (Wildman–Crippen MR) is 80.9 cm³/mol. The molecule has 1 aromatic carbocycles. The smallest absolute Gasteiger partial charge is 0.337 e. The van der Waals surface area contributed by atoms with Gasteiger partial charge in [-0.25, -0.2) is 4.79 Å². The minimum atomic E-state index is -1.03. The highest BCUT2D eigenvalue weighted by Gasteiger charge is 2.18. The van der Waals surface area contributed by atoms with E-state index in [-0.39, 0.29) is 11.1 Å². The van der Waals surface area contributed by atoms with Crippen LogP contribution >= 0.6 is 15.9 Å². The highest BCUT2D eigenvalue weighted by atomic mass is 79.9. The molecule has 0 aliphatic heterocycles. The van der Waals surface area contributed by atoms with Crippen LogP contribution in [0.1, 0.15) is 27.2 Å². The number of hydrogen-bond acceptors (Lipinski definition) is 2. The Morgan fingerprint density at radius 3 is 2.45 bits per heavy atom. The highest BCUT2D eigenvalue weighted by Crippen LogP contribution is 2.25. The first-order chi connectivity index (χ1) is 9.34. The number of aromatic carboxylic acids is 1. The average Bonchev–Trinajstić information content (AvgIpc) is 2.33. The van der Waals surface area contributed by atoms with E-state index in [0.29, 0.717) is 16.9 Å². The summed E-state index contributed by atoms with van der Waals surface area (Å²) in [7, 11) is 0. The van der Waals surface area contributed by atoms with E-state index >= 15 is 0 Å². The number of hydrogen-bond donors (Lipinski definition) is 1. The molecule has 1 heterocycles. The minimum absolute atomic E-state index is 0.165. The van der Waals surface area contributed by atoms with Gasteiger partial charge in [0, 0.05) is 16.2 Å². The molecular formula is C15H14BrNO3. The maximum Gasteiger partial charge on any atom is 0.337 e. The summed E-state index contributed by atoms with van der Waals surface area (Å²) < 4.78 is 2.21. The topological polar surface area (TPSA) is 59.3 Å². The Morgan fingerprint density at radius 1 is 1.20 bits per heavy atom. The van der Waals surface area contributed by atoms with Gasteiger partial charge in [-0.15, -0.1) is 0 Å². The normalized spacial score (nSPS) is 10.6. The number of pyridine rings is 1. The van der Waals surface area contributed by atoms with Crippen LogP contribution in [0.5, 0.6) is 0 Å². The molecule has 0 atom stereocenters. The van der Waals surface area contributed by atoms with Crippen LogP contribution in [0.25, 0.3) is 5.69 Å². The Labute approximate surface area is 124 Å². The van der Waals surface area contributed by atoms with Crippen LogP contribution in [-0.4, -0.2) is 15.6 Å². The van der Waals surface area contributed by atoms with Gasteiger partial charge in [-0.1, -0.05) is 12.1 Å². The molecule has 0 amide bonds. The van der Waals surface area contributed by atoms with Crippen molar-refractivity contribution in [2.24, 2.45) is 0 Å². The van der Waals surface area contributed by atoms with E-state index in [2.05, 4.69) is 15.9 Å². The standard InChI is InChI=1S/C15H14BrNO3/c1-8-5-4-6-11(14(8)16)17-10(3)13(15(19)20)9(2)7-12(17)18/h4-7H,1-3H3,(H,19,20). The van der Waals surface area contributed by atoms with Crippen molar-refractivity contribution in [2.75, 3.05) is 0 Å². The molecule has 4 nitrogen and oxygen atoms in total. The summed E-state index contributed by atoms with van der Waals surface area (Å²) in [5, 5.41) is 9.31. The number of carboxylic acid groups (broad SMARTS) is 1. The molecule has 0 saturated carbocycles. The molecule has 0 unspecified atom stereocenters. The number of halogens is 1. The van der Waals surface area contributed by atoms with Crippen LogP contribution in [0, 0.1) is 20.8 Å². The average molecular weight is 336 g/mol. The molecule has 5 heteroatoms. The van der Waals surface area contributed by atoms with Crippen molar-refractivity contribution in [1.82, 2.24) is 4.57 Å². The van der Waals surface area contributed by atoms with E-state index in [0.717, 1.165) is 10.0 Å². The van der Waals surface area contributed by atoms with Gasteiger partial charge in [-0.3, -0.25) is 9.36 Å². The summed E-state index contributed by atoms with van der Waals surface area (Å²) in [6.07, 6.45) is 0. The first-order valence-corrected chi connectivity index (χ1v) is 6.86. The zero-order chi connectivity index (χ0) is 15.0. The molecule has 104 valence electrons.